The van der Waals surface area contributed by atoms with Crippen molar-refractivity contribution in [1.29, 1.82) is 0 Å². The Labute approximate surface area is 113 Å². The summed E-state index contributed by atoms with van der Waals surface area (Å²) >= 11 is 0. The minimum Gasteiger partial charge on any atom is -0.480 e. The Morgan fingerprint density at radius 2 is 1.84 bits per heavy atom. The van der Waals surface area contributed by atoms with E-state index in [-0.39, 0.29) is 24.0 Å². The molecule has 0 aliphatic rings. The summed E-state index contributed by atoms with van der Waals surface area (Å²) in [6.07, 6.45) is 0.613. The third-order valence-corrected chi connectivity index (χ3v) is 4.61. The first-order valence-electron chi connectivity index (χ1n) is 6.21. The standard InChI is InChI=1S/C11H22N2O5S/c1-4-8(3)9(10(14)15)13-11(16)12-6-7-19(17,18)5-2/h8-9H,4-7H2,1-3H3,(H,14,15)(H2,12,13,16). The van der Waals surface area contributed by atoms with Gasteiger partial charge in [0.05, 0.1) is 5.75 Å². The average molecular weight is 294 g/mol. The molecule has 0 saturated heterocycles. The summed E-state index contributed by atoms with van der Waals surface area (Å²) in [5, 5.41) is 13.6. The number of hydrogen-bond donors (Lipinski definition) is 3. The van der Waals surface area contributed by atoms with E-state index in [4.69, 9.17) is 5.11 Å². The van der Waals surface area contributed by atoms with Gasteiger partial charge in [-0.25, -0.2) is 18.0 Å². The maximum absolute atomic E-state index is 11.5. The van der Waals surface area contributed by atoms with Crippen LogP contribution in [0.25, 0.3) is 0 Å². The van der Waals surface area contributed by atoms with Crippen LogP contribution < -0.4 is 10.6 Å². The molecule has 112 valence electrons. The average Bonchev–Trinajstić information content (AvgIpc) is 2.34. The molecule has 0 aromatic carbocycles. The molecule has 0 aliphatic carbocycles. The SMILES string of the molecule is CCC(C)C(NC(=O)NCCS(=O)(=O)CC)C(=O)O. The van der Waals surface area contributed by atoms with Crippen LogP contribution in [0.15, 0.2) is 0 Å². The van der Waals surface area contributed by atoms with Crippen molar-refractivity contribution in [1.82, 2.24) is 10.6 Å². The van der Waals surface area contributed by atoms with Gasteiger partial charge < -0.3 is 15.7 Å². The molecule has 3 N–H and O–H groups in total. The normalized spacial score (nSPS) is 14.5. The first kappa shape index (κ1) is 17.7. The van der Waals surface area contributed by atoms with E-state index in [0.29, 0.717) is 6.42 Å². The molecule has 19 heavy (non-hydrogen) atoms. The molecule has 0 rings (SSSR count). The Morgan fingerprint density at radius 3 is 2.26 bits per heavy atom. The molecular weight excluding hydrogens is 272 g/mol. The zero-order chi connectivity index (χ0) is 15.1. The van der Waals surface area contributed by atoms with Crippen LogP contribution in [0.3, 0.4) is 0 Å². The Morgan fingerprint density at radius 1 is 1.26 bits per heavy atom. The zero-order valence-corrected chi connectivity index (χ0v) is 12.3. The van der Waals surface area contributed by atoms with E-state index in [0.717, 1.165) is 0 Å². The molecule has 0 aliphatic heterocycles. The molecule has 2 amide bonds. The Balaban J connectivity index is 4.26. The van der Waals surface area contributed by atoms with Crippen molar-refractivity contribution in [2.24, 2.45) is 5.92 Å². The van der Waals surface area contributed by atoms with Gasteiger partial charge in [-0.3, -0.25) is 0 Å². The molecule has 0 aromatic heterocycles. The number of carbonyl (C=O) groups excluding carboxylic acids is 1. The van der Waals surface area contributed by atoms with Crippen molar-refractivity contribution >= 4 is 21.8 Å². The Hall–Kier alpha value is -1.31. The van der Waals surface area contributed by atoms with Gasteiger partial charge in [0.15, 0.2) is 9.84 Å². The smallest absolute Gasteiger partial charge is 0.326 e. The van der Waals surface area contributed by atoms with E-state index in [1.165, 1.54) is 6.92 Å². The van der Waals surface area contributed by atoms with Crippen molar-refractivity contribution in [2.75, 3.05) is 18.1 Å². The number of carbonyl (C=O) groups is 2. The highest BCUT2D eigenvalue weighted by molar-refractivity contribution is 7.91. The minimum atomic E-state index is -3.14. The topological polar surface area (TPSA) is 113 Å². The fourth-order valence-electron chi connectivity index (χ4n) is 1.34. The molecule has 0 radical (unpaired) electrons. The van der Waals surface area contributed by atoms with Gasteiger partial charge in [0.2, 0.25) is 0 Å². The van der Waals surface area contributed by atoms with Crippen molar-refractivity contribution in [3.8, 4) is 0 Å². The van der Waals surface area contributed by atoms with Gasteiger partial charge in [0.25, 0.3) is 0 Å². The molecule has 0 fully saturated rings. The van der Waals surface area contributed by atoms with Gasteiger partial charge >= 0.3 is 12.0 Å². The van der Waals surface area contributed by atoms with Crippen molar-refractivity contribution in [3.05, 3.63) is 0 Å². The molecule has 7 nitrogen and oxygen atoms in total. The lowest BCUT2D eigenvalue weighted by Gasteiger charge is -2.20. The third kappa shape index (κ3) is 7.00. The van der Waals surface area contributed by atoms with Crippen LogP contribution in [-0.4, -0.2) is 49.6 Å². The quantitative estimate of drug-likeness (QED) is 0.593. The van der Waals surface area contributed by atoms with E-state index in [1.54, 1.807) is 6.92 Å². The summed E-state index contributed by atoms with van der Waals surface area (Å²) in [5.74, 6) is -1.45. The first-order chi connectivity index (χ1) is 8.73. The molecule has 0 aromatic rings. The molecule has 0 spiro atoms. The number of rotatable bonds is 8. The maximum Gasteiger partial charge on any atom is 0.326 e. The van der Waals surface area contributed by atoms with Gasteiger partial charge in [-0.15, -0.1) is 0 Å². The van der Waals surface area contributed by atoms with Crippen LogP contribution in [0.5, 0.6) is 0 Å². The van der Waals surface area contributed by atoms with E-state index < -0.39 is 27.9 Å². The predicted octanol–water partition coefficient (Wildman–Crippen LogP) is 0.220. The lowest BCUT2D eigenvalue weighted by Crippen LogP contribution is -2.49. The number of hydrogen-bond acceptors (Lipinski definition) is 4. The number of carboxylic acids is 1. The summed E-state index contributed by atoms with van der Waals surface area (Å²) in [4.78, 5) is 22.4. The monoisotopic (exact) mass is 294 g/mol. The van der Waals surface area contributed by atoms with Crippen LogP contribution in [-0.2, 0) is 14.6 Å². The summed E-state index contributed by atoms with van der Waals surface area (Å²) in [7, 11) is -3.14. The minimum absolute atomic E-state index is 0.0148. The third-order valence-electron chi connectivity index (χ3n) is 2.90. The van der Waals surface area contributed by atoms with E-state index >= 15 is 0 Å². The fraction of sp³-hybridized carbons (Fsp3) is 0.818. The van der Waals surface area contributed by atoms with Gasteiger partial charge in [-0.1, -0.05) is 27.2 Å². The van der Waals surface area contributed by atoms with E-state index in [1.807, 2.05) is 6.92 Å². The Kier molecular flexibility index (Phi) is 7.43. The lowest BCUT2D eigenvalue weighted by molar-refractivity contribution is -0.140. The molecule has 2 unspecified atom stereocenters. The molecular formula is C11H22N2O5S. The van der Waals surface area contributed by atoms with Crippen LogP contribution in [0.2, 0.25) is 0 Å². The highest BCUT2D eigenvalue weighted by atomic mass is 32.2. The largest absolute Gasteiger partial charge is 0.480 e. The number of nitrogens with one attached hydrogen (secondary N) is 2. The van der Waals surface area contributed by atoms with Crippen molar-refractivity contribution in [2.45, 2.75) is 33.2 Å². The first-order valence-corrected chi connectivity index (χ1v) is 8.03. The fourth-order valence-corrected chi connectivity index (χ4v) is 2.04. The molecule has 8 heteroatoms. The summed E-state index contributed by atoms with van der Waals surface area (Å²) < 4.78 is 22.4. The van der Waals surface area contributed by atoms with Crippen LogP contribution in [0.4, 0.5) is 4.79 Å². The van der Waals surface area contributed by atoms with Crippen molar-refractivity contribution < 1.29 is 23.1 Å². The second kappa shape index (κ2) is 7.98. The number of amides is 2. The van der Waals surface area contributed by atoms with Gasteiger partial charge in [-0.05, 0) is 5.92 Å². The van der Waals surface area contributed by atoms with E-state index in [2.05, 4.69) is 10.6 Å². The maximum atomic E-state index is 11.5. The van der Waals surface area contributed by atoms with Crippen molar-refractivity contribution in [3.63, 3.8) is 0 Å². The van der Waals surface area contributed by atoms with Gasteiger partial charge in [0.1, 0.15) is 6.04 Å². The molecule has 2 atom stereocenters. The second-order valence-corrected chi connectivity index (χ2v) is 6.81. The highest BCUT2D eigenvalue weighted by Gasteiger charge is 2.25. The second-order valence-electron chi connectivity index (χ2n) is 4.34. The lowest BCUT2D eigenvalue weighted by atomic mass is 9.99. The summed E-state index contributed by atoms with van der Waals surface area (Å²) in [5.41, 5.74) is 0. The number of carboxylic acid groups (broad SMARTS) is 1. The van der Waals surface area contributed by atoms with Crippen LogP contribution >= 0.6 is 0 Å². The predicted molar refractivity (Wildman–Crippen MR) is 71.7 cm³/mol. The van der Waals surface area contributed by atoms with Crippen LogP contribution in [0, 0.1) is 5.92 Å². The summed E-state index contributed by atoms with van der Waals surface area (Å²) in [6.45, 7) is 5.04. The molecule has 0 saturated carbocycles. The van der Waals surface area contributed by atoms with Crippen LogP contribution in [0.1, 0.15) is 27.2 Å². The number of urea groups is 1. The number of aliphatic carboxylic acids is 1. The zero-order valence-electron chi connectivity index (χ0n) is 11.5. The van der Waals surface area contributed by atoms with Gasteiger partial charge in [-0.2, -0.15) is 0 Å². The Bertz CT molecular complexity index is 407. The highest BCUT2D eigenvalue weighted by Crippen LogP contribution is 2.07. The summed E-state index contributed by atoms with van der Waals surface area (Å²) in [6, 6.07) is -1.65. The molecule has 0 bridgehead atoms. The van der Waals surface area contributed by atoms with E-state index in [9.17, 15) is 18.0 Å². The number of sulfone groups is 1. The van der Waals surface area contributed by atoms with Gasteiger partial charge in [0, 0.05) is 12.3 Å². The molecule has 0 heterocycles.